The lowest BCUT2D eigenvalue weighted by Gasteiger charge is -2.20. The Labute approximate surface area is 123 Å². The molecule has 1 rings (SSSR count). The van der Waals surface area contributed by atoms with E-state index in [1.807, 2.05) is 6.92 Å². The number of nitrogens with one attached hydrogen (secondary N) is 2. The van der Waals surface area contributed by atoms with Gasteiger partial charge in [0, 0.05) is 6.54 Å². The van der Waals surface area contributed by atoms with Crippen LogP contribution in [0.5, 0.6) is 0 Å². The van der Waals surface area contributed by atoms with E-state index in [0.717, 1.165) is 5.56 Å². The number of carbonyl (C=O) groups is 2. The summed E-state index contributed by atoms with van der Waals surface area (Å²) in [5, 5.41) is 14.1. The summed E-state index contributed by atoms with van der Waals surface area (Å²) in [6.45, 7) is 4.00. The van der Waals surface area contributed by atoms with Crippen molar-refractivity contribution in [1.29, 1.82) is 0 Å². The highest BCUT2D eigenvalue weighted by atomic mass is 19.1. The Kier molecular flexibility index (Phi) is 6.65. The van der Waals surface area contributed by atoms with Crippen molar-refractivity contribution in [3.63, 3.8) is 0 Å². The van der Waals surface area contributed by atoms with Crippen molar-refractivity contribution in [2.24, 2.45) is 5.92 Å². The van der Waals surface area contributed by atoms with Gasteiger partial charge in [-0.25, -0.2) is 14.0 Å². The quantitative estimate of drug-likeness (QED) is 0.721. The normalized spacial score (nSPS) is 13.3. The molecule has 0 aliphatic rings. The molecule has 0 fully saturated rings. The number of carboxylic acid groups (broad SMARTS) is 1. The van der Waals surface area contributed by atoms with Gasteiger partial charge >= 0.3 is 12.0 Å². The second-order valence-electron chi connectivity index (χ2n) is 4.98. The van der Waals surface area contributed by atoms with E-state index in [4.69, 9.17) is 5.11 Å². The molecule has 0 saturated heterocycles. The van der Waals surface area contributed by atoms with Crippen LogP contribution in [0.1, 0.15) is 25.8 Å². The first kappa shape index (κ1) is 16.9. The summed E-state index contributed by atoms with van der Waals surface area (Å²) in [6, 6.07) is 4.60. The molecule has 0 radical (unpaired) electrons. The Morgan fingerprint density at radius 3 is 2.43 bits per heavy atom. The van der Waals surface area contributed by atoms with E-state index in [9.17, 15) is 14.0 Å². The minimum Gasteiger partial charge on any atom is -0.480 e. The highest BCUT2D eigenvalue weighted by molar-refractivity contribution is 5.82. The van der Waals surface area contributed by atoms with Crippen LogP contribution >= 0.6 is 0 Å². The first-order chi connectivity index (χ1) is 9.93. The SMILES string of the molecule is CCC(C)[C@H](NC(=O)NCCc1ccc(F)cc1)C(=O)O. The van der Waals surface area contributed by atoms with Gasteiger partial charge in [0.25, 0.3) is 0 Å². The molecule has 5 nitrogen and oxygen atoms in total. The smallest absolute Gasteiger partial charge is 0.326 e. The van der Waals surface area contributed by atoms with Gasteiger partial charge < -0.3 is 15.7 Å². The number of carboxylic acids is 1. The zero-order valence-corrected chi connectivity index (χ0v) is 12.2. The fraction of sp³-hybridized carbons (Fsp3) is 0.467. The maximum absolute atomic E-state index is 12.7. The van der Waals surface area contributed by atoms with Crippen molar-refractivity contribution >= 4 is 12.0 Å². The van der Waals surface area contributed by atoms with Gasteiger partial charge in [0.05, 0.1) is 0 Å². The van der Waals surface area contributed by atoms with E-state index >= 15 is 0 Å². The van der Waals surface area contributed by atoms with Crippen molar-refractivity contribution in [2.45, 2.75) is 32.7 Å². The van der Waals surface area contributed by atoms with Gasteiger partial charge in [-0.05, 0) is 30.0 Å². The third-order valence-corrected chi connectivity index (χ3v) is 3.38. The van der Waals surface area contributed by atoms with Gasteiger partial charge in [-0.3, -0.25) is 0 Å². The molecule has 0 bridgehead atoms. The molecule has 0 spiro atoms. The first-order valence-corrected chi connectivity index (χ1v) is 6.95. The fourth-order valence-electron chi connectivity index (χ4n) is 1.85. The van der Waals surface area contributed by atoms with E-state index < -0.39 is 18.0 Å². The molecule has 0 aliphatic carbocycles. The number of rotatable bonds is 7. The third kappa shape index (κ3) is 5.81. The van der Waals surface area contributed by atoms with Crippen molar-refractivity contribution in [1.82, 2.24) is 10.6 Å². The highest BCUT2D eigenvalue weighted by Crippen LogP contribution is 2.07. The lowest BCUT2D eigenvalue weighted by atomic mass is 9.99. The van der Waals surface area contributed by atoms with Crippen molar-refractivity contribution < 1.29 is 19.1 Å². The lowest BCUT2D eigenvalue weighted by Crippen LogP contribution is -2.49. The van der Waals surface area contributed by atoms with Gasteiger partial charge in [0.1, 0.15) is 11.9 Å². The first-order valence-electron chi connectivity index (χ1n) is 6.95. The zero-order chi connectivity index (χ0) is 15.8. The van der Waals surface area contributed by atoms with Crippen LogP contribution in [-0.4, -0.2) is 29.7 Å². The maximum atomic E-state index is 12.7. The fourth-order valence-corrected chi connectivity index (χ4v) is 1.85. The van der Waals surface area contributed by atoms with E-state index in [1.54, 1.807) is 19.1 Å². The second kappa shape index (κ2) is 8.24. The Balaban J connectivity index is 2.39. The molecule has 1 aromatic carbocycles. The number of hydrogen-bond donors (Lipinski definition) is 3. The summed E-state index contributed by atoms with van der Waals surface area (Å²) < 4.78 is 12.7. The monoisotopic (exact) mass is 296 g/mol. The molecule has 0 heterocycles. The van der Waals surface area contributed by atoms with Crippen molar-refractivity contribution in [3.8, 4) is 0 Å². The van der Waals surface area contributed by atoms with Gasteiger partial charge in [-0.15, -0.1) is 0 Å². The van der Waals surface area contributed by atoms with Crippen LogP contribution < -0.4 is 10.6 Å². The predicted octanol–water partition coefficient (Wildman–Crippen LogP) is 2.17. The van der Waals surface area contributed by atoms with Crippen molar-refractivity contribution in [3.05, 3.63) is 35.6 Å². The third-order valence-electron chi connectivity index (χ3n) is 3.38. The molecule has 116 valence electrons. The van der Waals surface area contributed by atoms with Crippen LogP contribution in [0.2, 0.25) is 0 Å². The predicted molar refractivity (Wildman–Crippen MR) is 77.5 cm³/mol. The molecular formula is C15H21FN2O3. The van der Waals surface area contributed by atoms with Gasteiger partial charge in [0.15, 0.2) is 0 Å². The van der Waals surface area contributed by atoms with E-state index in [-0.39, 0.29) is 11.7 Å². The molecule has 0 saturated carbocycles. The van der Waals surface area contributed by atoms with E-state index in [2.05, 4.69) is 10.6 Å². The van der Waals surface area contributed by atoms with E-state index in [0.29, 0.717) is 19.4 Å². The minimum atomic E-state index is -1.04. The molecule has 0 aromatic heterocycles. The molecule has 1 unspecified atom stereocenters. The van der Waals surface area contributed by atoms with Gasteiger partial charge in [0.2, 0.25) is 0 Å². The lowest BCUT2D eigenvalue weighted by molar-refractivity contribution is -0.140. The van der Waals surface area contributed by atoms with Crippen LogP contribution in [0.3, 0.4) is 0 Å². The topological polar surface area (TPSA) is 78.4 Å². The van der Waals surface area contributed by atoms with Crippen LogP contribution in [0.25, 0.3) is 0 Å². The van der Waals surface area contributed by atoms with Crippen LogP contribution in [0.4, 0.5) is 9.18 Å². The molecular weight excluding hydrogens is 275 g/mol. The Morgan fingerprint density at radius 1 is 1.29 bits per heavy atom. The van der Waals surface area contributed by atoms with Crippen molar-refractivity contribution in [2.75, 3.05) is 6.54 Å². The standard InChI is InChI=1S/C15H21FN2O3/c1-3-10(2)13(14(19)20)18-15(21)17-9-8-11-4-6-12(16)7-5-11/h4-7,10,13H,3,8-9H2,1-2H3,(H,19,20)(H2,17,18,21)/t10?,13-/m0/s1. The molecule has 2 amide bonds. The molecule has 0 aliphatic heterocycles. The molecule has 1 aromatic rings. The van der Waals surface area contributed by atoms with Gasteiger partial charge in [-0.2, -0.15) is 0 Å². The van der Waals surface area contributed by atoms with Crippen LogP contribution in [0, 0.1) is 11.7 Å². The Morgan fingerprint density at radius 2 is 1.90 bits per heavy atom. The largest absolute Gasteiger partial charge is 0.480 e. The summed E-state index contributed by atoms with van der Waals surface area (Å²) in [4.78, 5) is 22.8. The average molecular weight is 296 g/mol. The number of benzene rings is 1. The molecule has 6 heteroatoms. The van der Waals surface area contributed by atoms with Gasteiger partial charge in [-0.1, -0.05) is 32.4 Å². The summed E-state index contributed by atoms with van der Waals surface area (Å²) in [7, 11) is 0. The Hall–Kier alpha value is -2.11. The van der Waals surface area contributed by atoms with E-state index in [1.165, 1.54) is 12.1 Å². The number of aliphatic carboxylic acids is 1. The Bertz CT molecular complexity index is 476. The molecule has 3 N–H and O–H groups in total. The summed E-state index contributed by atoms with van der Waals surface area (Å²) in [6.07, 6.45) is 1.21. The van der Waals surface area contributed by atoms with Crippen LogP contribution in [0.15, 0.2) is 24.3 Å². The molecule has 2 atom stereocenters. The van der Waals surface area contributed by atoms with Crippen LogP contribution in [-0.2, 0) is 11.2 Å². The number of carbonyl (C=O) groups excluding carboxylic acids is 1. The second-order valence-corrected chi connectivity index (χ2v) is 4.98. The number of hydrogen-bond acceptors (Lipinski definition) is 2. The summed E-state index contributed by atoms with van der Waals surface area (Å²) >= 11 is 0. The number of urea groups is 1. The summed E-state index contributed by atoms with van der Waals surface area (Å²) in [5.41, 5.74) is 0.897. The highest BCUT2D eigenvalue weighted by Gasteiger charge is 2.24. The molecule has 21 heavy (non-hydrogen) atoms. The number of amides is 2. The zero-order valence-electron chi connectivity index (χ0n) is 12.2. The maximum Gasteiger partial charge on any atom is 0.326 e. The number of halogens is 1. The average Bonchev–Trinajstić information content (AvgIpc) is 2.45. The minimum absolute atomic E-state index is 0.148. The summed E-state index contributed by atoms with van der Waals surface area (Å²) in [5.74, 6) is -1.49.